The second-order valence-electron chi connectivity index (χ2n) is 4.87. The van der Waals surface area contributed by atoms with Gasteiger partial charge in [0.1, 0.15) is 16.9 Å². The van der Waals surface area contributed by atoms with E-state index in [-0.39, 0.29) is 11.9 Å². The Balaban J connectivity index is 2.06. The third kappa shape index (κ3) is 3.23. The van der Waals surface area contributed by atoms with Crippen molar-refractivity contribution < 1.29 is 9.21 Å². The fraction of sp³-hybridized carbons (Fsp3) is 0.312. The van der Waals surface area contributed by atoms with Crippen LogP contribution in [0.3, 0.4) is 0 Å². The number of alkyl halides is 1. The van der Waals surface area contributed by atoms with E-state index in [1.165, 1.54) is 0 Å². The minimum Gasteiger partial charge on any atom is -0.466 e. The van der Waals surface area contributed by atoms with Crippen molar-refractivity contribution in [3.05, 3.63) is 59.0 Å². The maximum absolute atomic E-state index is 12.2. The number of halogens is 1. The van der Waals surface area contributed by atoms with Crippen LogP contribution in [0.25, 0.3) is 0 Å². The summed E-state index contributed by atoms with van der Waals surface area (Å²) in [6.07, 6.45) is 0. The summed E-state index contributed by atoms with van der Waals surface area (Å²) in [6, 6.07) is 11.1. The minimum absolute atomic E-state index is 0.134. The van der Waals surface area contributed by atoms with E-state index < -0.39 is 5.38 Å². The van der Waals surface area contributed by atoms with Gasteiger partial charge in [0.15, 0.2) is 0 Å². The Morgan fingerprint density at radius 3 is 2.45 bits per heavy atom. The SMILES string of the molecule is Cc1cc(C(C)NC(=O)C(Cl)c2ccccc2)c(C)o1. The largest absolute Gasteiger partial charge is 0.466 e. The topological polar surface area (TPSA) is 42.2 Å². The standard InChI is InChI=1S/C16H18ClNO2/c1-10-9-14(12(3)20-10)11(2)18-16(19)15(17)13-7-5-4-6-8-13/h4-9,11,15H,1-3H3,(H,18,19). The first-order valence-electron chi connectivity index (χ1n) is 6.55. The van der Waals surface area contributed by atoms with Crippen molar-refractivity contribution in [2.75, 3.05) is 0 Å². The second-order valence-corrected chi connectivity index (χ2v) is 5.31. The van der Waals surface area contributed by atoms with Crippen LogP contribution < -0.4 is 5.32 Å². The van der Waals surface area contributed by atoms with Gasteiger partial charge in [0, 0.05) is 5.56 Å². The number of carbonyl (C=O) groups is 1. The molecule has 2 aromatic rings. The predicted molar refractivity (Wildman–Crippen MR) is 79.8 cm³/mol. The minimum atomic E-state index is -0.688. The highest BCUT2D eigenvalue weighted by Gasteiger charge is 2.21. The van der Waals surface area contributed by atoms with E-state index in [2.05, 4.69) is 5.32 Å². The maximum atomic E-state index is 12.2. The first kappa shape index (κ1) is 14.7. The van der Waals surface area contributed by atoms with Gasteiger partial charge >= 0.3 is 0 Å². The van der Waals surface area contributed by atoms with Crippen LogP contribution >= 0.6 is 11.6 Å². The summed E-state index contributed by atoms with van der Waals surface area (Å²) in [4.78, 5) is 12.2. The molecular weight excluding hydrogens is 274 g/mol. The Morgan fingerprint density at radius 2 is 1.90 bits per heavy atom. The molecule has 1 amide bonds. The first-order chi connectivity index (χ1) is 9.49. The van der Waals surface area contributed by atoms with Crippen molar-refractivity contribution in [1.82, 2.24) is 5.32 Å². The van der Waals surface area contributed by atoms with Crippen LogP contribution in [0.1, 0.15) is 41.0 Å². The number of nitrogens with one attached hydrogen (secondary N) is 1. The molecule has 1 N–H and O–H groups in total. The van der Waals surface area contributed by atoms with Gasteiger partial charge in [-0.25, -0.2) is 0 Å². The molecule has 2 atom stereocenters. The molecule has 0 aliphatic carbocycles. The summed E-state index contributed by atoms with van der Waals surface area (Å²) >= 11 is 6.20. The highest BCUT2D eigenvalue weighted by atomic mass is 35.5. The van der Waals surface area contributed by atoms with Gasteiger partial charge in [0.2, 0.25) is 5.91 Å². The van der Waals surface area contributed by atoms with Crippen molar-refractivity contribution in [3.63, 3.8) is 0 Å². The molecule has 2 rings (SSSR count). The van der Waals surface area contributed by atoms with Crippen LogP contribution in [-0.2, 0) is 4.79 Å². The van der Waals surface area contributed by atoms with Crippen LogP contribution in [0, 0.1) is 13.8 Å². The van der Waals surface area contributed by atoms with Crippen LogP contribution in [0.5, 0.6) is 0 Å². The smallest absolute Gasteiger partial charge is 0.243 e. The predicted octanol–water partition coefficient (Wildman–Crippen LogP) is 4.05. The lowest BCUT2D eigenvalue weighted by atomic mass is 10.1. The molecule has 2 unspecified atom stereocenters. The normalized spacial score (nSPS) is 13.8. The van der Waals surface area contributed by atoms with E-state index in [9.17, 15) is 4.79 Å². The van der Waals surface area contributed by atoms with E-state index in [1.54, 1.807) is 0 Å². The number of carbonyl (C=O) groups excluding carboxylic acids is 1. The molecule has 1 heterocycles. The van der Waals surface area contributed by atoms with Crippen LogP contribution in [0.2, 0.25) is 0 Å². The molecule has 20 heavy (non-hydrogen) atoms. The van der Waals surface area contributed by atoms with Crippen LogP contribution in [-0.4, -0.2) is 5.91 Å². The van der Waals surface area contributed by atoms with Gasteiger partial charge < -0.3 is 9.73 Å². The summed E-state index contributed by atoms with van der Waals surface area (Å²) in [5.74, 6) is 1.45. The molecule has 1 aromatic heterocycles. The van der Waals surface area contributed by atoms with E-state index >= 15 is 0 Å². The van der Waals surface area contributed by atoms with Crippen molar-refractivity contribution >= 4 is 17.5 Å². The molecular formula is C16H18ClNO2. The average molecular weight is 292 g/mol. The summed E-state index contributed by atoms with van der Waals surface area (Å²) < 4.78 is 5.48. The maximum Gasteiger partial charge on any atom is 0.243 e. The van der Waals surface area contributed by atoms with Crippen molar-refractivity contribution in [3.8, 4) is 0 Å². The lowest BCUT2D eigenvalue weighted by molar-refractivity contribution is -0.121. The molecule has 4 heteroatoms. The molecule has 0 saturated carbocycles. The zero-order valence-electron chi connectivity index (χ0n) is 11.8. The zero-order chi connectivity index (χ0) is 14.7. The molecule has 3 nitrogen and oxygen atoms in total. The van der Waals surface area contributed by atoms with Gasteiger partial charge in [0.25, 0.3) is 0 Å². The molecule has 0 aliphatic rings. The number of benzene rings is 1. The Bertz CT molecular complexity index is 592. The van der Waals surface area contributed by atoms with E-state index in [1.807, 2.05) is 57.2 Å². The first-order valence-corrected chi connectivity index (χ1v) is 6.99. The van der Waals surface area contributed by atoms with E-state index in [0.29, 0.717) is 0 Å². The molecule has 0 spiro atoms. The summed E-state index contributed by atoms with van der Waals surface area (Å²) in [5.41, 5.74) is 1.77. The number of hydrogen-bond acceptors (Lipinski definition) is 2. The van der Waals surface area contributed by atoms with Gasteiger partial charge in [-0.15, -0.1) is 11.6 Å². The highest BCUT2D eigenvalue weighted by molar-refractivity contribution is 6.30. The average Bonchev–Trinajstić information content (AvgIpc) is 2.78. The molecule has 0 fully saturated rings. The number of rotatable bonds is 4. The van der Waals surface area contributed by atoms with Gasteiger partial charge in [-0.3, -0.25) is 4.79 Å². The molecule has 0 saturated heterocycles. The van der Waals surface area contributed by atoms with Crippen LogP contribution in [0.15, 0.2) is 40.8 Å². The monoisotopic (exact) mass is 291 g/mol. The van der Waals surface area contributed by atoms with Gasteiger partial charge in [-0.1, -0.05) is 30.3 Å². The lowest BCUT2D eigenvalue weighted by Crippen LogP contribution is -2.29. The highest BCUT2D eigenvalue weighted by Crippen LogP contribution is 2.24. The Kier molecular flexibility index (Phi) is 4.50. The van der Waals surface area contributed by atoms with Crippen LogP contribution in [0.4, 0.5) is 0 Å². The van der Waals surface area contributed by atoms with E-state index in [4.69, 9.17) is 16.0 Å². The number of hydrogen-bond donors (Lipinski definition) is 1. The fourth-order valence-electron chi connectivity index (χ4n) is 2.22. The third-order valence-corrected chi connectivity index (χ3v) is 3.68. The van der Waals surface area contributed by atoms with Gasteiger partial charge in [-0.05, 0) is 32.4 Å². The molecule has 106 valence electrons. The van der Waals surface area contributed by atoms with Crippen molar-refractivity contribution in [2.45, 2.75) is 32.2 Å². The molecule has 1 aromatic carbocycles. The second kappa shape index (κ2) is 6.14. The van der Waals surface area contributed by atoms with Gasteiger partial charge in [-0.2, -0.15) is 0 Å². The summed E-state index contributed by atoms with van der Waals surface area (Å²) in [6.45, 7) is 5.70. The zero-order valence-corrected chi connectivity index (χ0v) is 12.6. The Hall–Kier alpha value is -1.74. The third-order valence-electron chi connectivity index (χ3n) is 3.23. The number of furan rings is 1. The fourth-order valence-corrected chi connectivity index (χ4v) is 2.43. The van der Waals surface area contributed by atoms with Crippen molar-refractivity contribution in [1.29, 1.82) is 0 Å². The molecule has 0 bridgehead atoms. The molecule has 0 radical (unpaired) electrons. The quantitative estimate of drug-likeness (QED) is 0.863. The van der Waals surface area contributed by atoms with Crippen molar-refractivity contribution in [2.24, 2.45) is 0 Å². The number of amides is 1. The summed E-state index contributed by atoms with van der Waals surface area (Å²) in [7, 11) is 0. The Morgan fingerprint density at radius 1 is 1.25 bits per heavy atom. The van der Waals surface area contributed by atoms with Gasteiger partial charge in [0.05, 0.1) is 6.04 Å². The number of aryl methyl sites for hydroxylation is 2. The Labute approximate surface area is 123 Å². The summed E-state index contributed by atoms with van der Waals surface area (Å²) in [5, 5.41) is 2.23. The van der Waals surface area contributed by atoms with E-state index in [0.717, 1.165) is 22.6 Å². The molecule has 0 aliphatic heterocycles. The lowest BCUT2D eigenvalue weighted by Gasteiger charge is -2.16.